The van der Waals surface area contributed by atoms with Crippen LogP contribution in [0.15, 0.2) is 52.3 Å². The lowest BCUT2D eigenvalue weighted by Gasteiger charge is -2.26. The number of rotatable bonds is 3. The summed E-state index contributed by atoms with van der Waals surface area (Å²) >= 11 is 1.74. The Labute approximate surface area is 156 Å². The van der Waals surface area contributed by atoms with Crippen molar-refractivity contribution in [2.75, 3.05) is 13.6 Å². The number of carbonyl (C=O) groups excluding carboxylic acids is 1. The maximum Gasteiger partial charge on any atom is 0.274 e. The molecule has 134 valence electrons. The third-order valence-corrected chi connectivity index (χ3v) is 5.99. The number of benzene rings is 2. The van der Waals surface area contributed by atoms with Crippen LogP contribution in [0.5, 0.6) is 0 Å². The molecule has 26 heavy (non-hydrogen) atoms. The molecular formula is C20H21N3O2S. The molecule has 1 aliphatic rings. The van der Waals surface area contributed by atoms with E-state index >= 15 is 0 Å². The van der Waals surface area contributed by atoms with Crippen LogP contribution in [0.25, 0.3) is 10.9 Å². The van der Waals surface area contributed by atoms with Gasteiger partial charge in [0.1, 0.15) is 0 Å². The van der Waals surface area contributed by atoms with Crippen molar-refractivity contribution in [1.82, 2.24) is 14.9 Å². The Bertz CT molecular complexity index is 979. The van der Waals surface area contributed by atoms with Crippen LogP contribution in [0.1, 0.15) is 21.6 Å². The highest BCUT2D eigenvalue weighted by Gasteiger charge is 2.22. The van der Waals surface area contributed by atoms with E-state index in [1.54, 1.807) is 29.4 Å². The first kappa shape index (κ1) is 17.1. The molecule has 1 amide bonds. The van der Waals surface area contributed by atoms with Crippen molar-refractivity contribution < 1.29 is 10.0 Å². The minimum Gasteiger partial charge on any atom is -0.330 e. The fraction of sp³-hybridized carbons (Fsp3) is 0.250. The Balaban J connectivity index is 1.76. The van der Waals surface area contributed by atoms with Crippen LogP contribution in [0.3, 0.4) is 0 Å². The molecule has 0 spiro atoms. The molecule has 0 atom stereocenters. The van der Waals surface area contributed by atoms with E-state index in [1.165, 1.54) is 27.1 Å². The van der Waals surface area contributed by atoms with Crippen LogP contribution in [0, 0.1) is 6.92 Å². The Kier molecular flexibility index (Phi) is 4.48. The summed E-state index contributed by atoms with van der Waals surface area (Å²) in [6.45, 7) is 4.09. The van der Waals surface area contributed by atoms with Gasteiger partial charge in [0, 0.05) is 39.4 Å². The van der Waals surface area contributed by atoms with Gasteiger partial charge in [-0.2, -0.15) is 0 Å². The van der Waals surface area contributed by atoms with Crippen LogP contribution >= 0.6 is 11.8 Å². The summed E-state index contributed by atoms with van der Waals surface area (Å²) in [7, 11) is 2.15. The molecule has 2 aromatic carbocycles. The predicted octanol–water partition coefficient (Wildman–Crippen LogP) is 3.67. The van der Waals surface area contributed by atoms with E-state index < -0.39 is 5.91 Å². The van der Waals surface area contributed by atoms with Gasteiger partial charge in [-0.3, -0.25) is 14.9 Å². The van der Waals surface area contributed by atoms with Gasteiger partial charge < -0.3 is 4.57 Å². The van der Waals surface area contributed by atoms with Crippen LogP contribution in [-0.4, -0.2) is 34.2 Å². The molecule has 4 rings (SSSR count). The summed E-state index contributed by atoms with van der Waals surface area (Å²) in [5, 5.41) is 10.0. The van der Waals surface area contributed by atoms with Gasteiger partial charge in [0.2, 0.25) is 0 Å². The van der Waals surface area contributed by atoms with Crippen molar-refractivity contribution >= 4 is 28.6 Å². The topological polar surface area (TPSA) is 57.5 Å². The van der Waals surface area contributed by atoms with E-state index in [0.717, 1.165) is 24.5 Å². The van der Waals surface area contributed by atoms with Crippen molar-refractivity contribution in [3.8, 4) is 0 Å². The molecule has 0 radical (unpaired) electrons. The summed E-state index contributed by atoms with van der Waals surface area (Å²) in [6, 6.07) is 14.0. The number of hydrogen-bond acceptors (Lipinski definition) is 4. The molecule has 1 aromatic heterocycles. The van der Waals surface area contributed by atoms with Gasteiger partial charge in [-0.15, -0.1) is 0 Å². The first-order valence-electron chi connectivity index (χ1n) is 8.59. The molecule has 5 nitrogen and oxygen atoms in total. The van der Waals surface area contributed by atoms with E-state index in [1.807, 2.05) is 12.1 Å². The number of aromatic nitrogens is 1. The lowest BCUT2D eigenvalue weighted by atomic mass is 10.2. The number of hydrogen-bond donors (Lipinski definition) is 2. The van der Waals surface area contributed by atoms with E-state index in [2.05, 4.69) is 41.6 Å². The monoisotopic (exact) mass is 367 g/mol. The van der Waals surface area contributed by atoms with Gasteiger partial charge in [-0.25, -0.2) is 5.48 Å². The quantitative estimate of drug-likeness (QED) is 0.548. The number of carbonyl (C=O) groups is 1. The molecule has 2 heterocycles. The van der Waals surface area contributed by atoms with Gasteiger partial charge in [-0.1, -0.05) is 23.4 Å². The average Bonchev–Trinajstić information content (AvgIpc) is 2.94. The second-order valence-corrected chi connectivity index (χ2v) is 7.85. The first-order valence-corrected chi connectivity index (χ1v) is 9.41. The lowest BCUT2D eigenvalue weighted by molar-refractivity contribution is 0.0706. The fourth-order valence-electron chi connectivity index (χ4n) is 3.48. The van der Waals surface area contributed by atoms with Gasteiger partial charge in [-0.05, 0) is 50.4 Å². The second kappa shape index (κ2) is 6.79. The van der Waals surface area contributed by atoms with Gasteiger partial charge >= 0.3 is 0 Å². The molecule has 0 aliphatic carbocycles. The molecular weight excluding hydrogens is 346 g/mol. The minimum absolute atomic E-state index is 0.443. The van der Waals surface area contributed by atoms with Gasteiger partial charge in [0.05, 0.1) is 12.2 Å². The van der Waals surface area contributed by atoms with E-state index in [-0.39, 0.29) is 0 Å². The first-order chi connectivity index (χ1) is 12.6. The zero-order chi connectivity index (χ0) is 18.3. The SMILES string of the molecule is Cc1ccc2c(c1)c(Sc1ccc(C(=O)NO)cc1)c1n2CN(C)CC1. The average molecular weight is 367 g/mol. The number of hydroxylamine groups is 1. The van der Waals surface area contributed by atoms with E-state index in [4.69, 9.17) is 5.21 Å². The summed E-state index contributed by atoms with van der Waals surface area (Å²) in [6.07, 6.45) is 1.03. The Morgan fingerprint density at radius 2 is 1.96 bits per heavy atom. The molecule has 0 saturated heterocycles. The van der Waals surface area contributed by atoms with Crippen LogP contribution in [0.2, 0.25) is 0 Å². The Morgan fingerprint density at radius 1 is 1.19 bits per heavy atom. The minimum atomic E-state index is -0.494. The summed E-state index contributed by atoms with van der Waals surface area (Å²) < 4.78 is 2.41. The number of nitrogens with one attached hydrogen (secondary N) is 1. The van der Waals surface area contributed by atoms with E-state index in [0.29, 0.717) is 5.56 Å². The Morgan fingerprint density at radius 3 is 2.69 bits per heavy atom. The van der Waals surface area contributed by atoms with Crippen molar-refractivity contribution in [1.29, 1.82) is 0 Å². The summed E-state index contributed by atoms with van der Waals surface area (Å²) in [5.41, 5.74) is 6.02. The highest BCUT2D eigenvalue weighted by Crippen LogP contribution is 2.40. The van der Waals surface area contributed by atoms with Crippen LogP contribution < -0.4 is 5.48 Å². The fourth-order valence-corrected chi connectivity index (χ4v) is 4.59. The van der Waals surface area contributed by atoms with Gasteiger partial charge in [0.15, 0.2) is 0 Å². The standard InChI is InChI=1S/C20H21N3O2S/c1-13-3-8-17-16(11-13)19(18-9-10-22(2)12-23(17)18)26-15-6-4-14(5-7-15)20(24)21-25/h3-8,11,25H,9-10,12H2,1-2H3,(H,21,24). The van der Waals surface area contributed by atoms with Crippen molar-refractivity contribution in [3.63, 3.8) is 0 Å². The van der Waals surface area contributed by atoms with Crippen LogP contribution in [-0.2, 0) is 13.1 Å². The van der Waals surface area contributed by atoms with Crippen LogP contribution in [0.4, 0.5) is 0 Å². The largest absolute Gasteiger partial charge is 0.330 e. The Hall–Kier alpha value is -2.28. The van der Waals surface area contributed by atoms with E-state index in [9.17, 15) is 4.79 Å². The summed E-state index contributed by atoms with van der Waals surface area (Å²) in [4.78, 5) is 16.2. The van der Waals surface area contributed by atoms with Crippen molar-refractivity contribution in [2.45, 2.75) is 29.8 Å². The second-order valence-electron chi connectivity index (χ2n) is 6.76. The third-order valence-electron chi connectivity index (χ3n) is 4.83. The predicted molar refractivity (Wildman–Crippen MR) is 103 cm³/mol. The molecule has 0 unspecified atom stereocenters. The molecule has 6 heteroatoms. The number of nitrogens with zero attached hydrogens (tertiary/aromatic N) is 2. The normalized spacial score (nSPS) is 14.4. The van der Waals surface area contributed by atoms with Crippen molar-refractivity contribution in [2.24, 2.45) is 0 Å². The third kappa shape index (κ3) is 3.00. The number of aryl methyl sites for hydroxylation is 1. The molecule has 0 bridgehead atoms. The molecule has 1 aliphatic heterocycles. The number of likely N-dealkylation sites (N-methyl/N-ethyl adjacent to an activating group) is 1. The number of amides is 1. The molecule has 0 fully saturated rings. The maximum absolute atomic E-state index is 11.5. The molecule has 3 aromatic rings. The smallest absolute Gasteiger partial charge is 0.274 e. The molecule has 0 saturated carbocycles. The zero-order valence-electron chi connectivity index (χ0n) is 14.8. The highest BCUT2D eigenvalue weighted by atomic mass is 32.2. The molecule has 2 N–H and O–H groups in total. The highest BCUT2D eigenvalue weighted by molar-refractivity contribution is 7.99. The number of fused-ring (bicyclic) bond motifs is 3. The van der Waals surface area contributed by atoms with Crippen molar-refractivity contribution in [3.05, 3.63) is 59.3 Å². The maximum atomic E-state index is 11.5. The zero-order valence-corrected chi connectivity index (χ0v) is 15.6. The summed E-state index contributed by atoms with van der Waals surface area (Å²) in [5.74, 6) is -0.494. The lowest BCUT2D eigenvalue weighted by Crippen LogP contribution is -2.30. The van der Waals surface area contributed by atoms with Gasteiger partial charge in [0.25, 0.3) is 5.91 Å².